The van der Waals surface area contributed by atoms with Crippen molar-refractivity contribution in [3.05, 3.63) is 35.4 Å². The van der Waals surface area contributed by atoms with Crippen molar-refractivity contribution < 1.29 is 9.84 Å². The minimum absolute atomic E-state index is 0.342. The second-order valence-corrected chi connectivity index (χ2v) is 4.82. The van der Waals surface area contributed by atoms with E-state index in [1.54, 1.807) is 0 Å². The molecule has 1 saturated heterocycles. The lowest BCUT2D eigenvalue weighted by atomic mass is 10.0. The van der Waals surface area contributed by atoms with Gasteiger partial charge in [0.05, 0.1) is 12.2 Å². The van der Waals surface area contributed by atoms with Gasteiger partial charge in [-0.1, -0.05) is 31.2 Å². The fourth-order valence-electron chi connectivity index (χ4n) is 2.36. The standard InChI is InChI=1S/C15H22O2/c1-2-12-5-7-13(8-6-12)15(16)10-9-14-4-3-11-17-14/h5-8,14-16H,2-4,9-11H2,1H3. The van der Waals surface area contributed by atoms with Gasteiger partial charge in [0.15, 0.2) is 0 Å². The zero-order chi connectivity index (χ0) is 12.1. The SMILES string of the molecule is CCc1ccc(C(O)CCC2CCCO2)cc1. The summed E-state index contributed by atoms with van der Waals surface area (Å²) in [6.45, 7) is 3.04. The molecule has 2 atom stereocenters. The Morgan fingerprint density at radius 3 is 2.71 bits per heavy atom. The maximum absolute atomic E-state index is 10.1. The number of ether oxygens (including phenoxy) is 1. The van der Waals surface area contributed by atoms with E-state index < -0.39 is 0 Å². The Kier molecular flexibility index (Phi) is 4.57. The molecule has 0 aromatic heterocycles. The highest BCUT2D eigenvalue weighted by molar-refractivity contribution is 5.24. The first-order chi connectivity index (χ1) is 8.29. The summed E-state index contributed by atoms with van der Waals surface area (Å²) in [4.78, 5) is 0. The molecule has 94 valence electrons. The zero-order valence-corrected chi connectivity index (χ0v) is 10.6. The molecule has 2 nitrogen and oxygen atoms in total. The van der Waals surface area contributed by atoms with E-state index in [1.165, 1.54) is 12.0 Å². The Labute approximate surface area is 104 Å². The predicted molar refractivity (Wildman–Crippen MR) is 69.0 cm³/mol. The third kappa shape index (κ3) is 3.55. The van der Waals surface area contributed by atoms with Crippen LogP contribution in [-0.4, -0.2) is 17.8 Å². The van der Waals surface area contributed by atoms with Gasteiger partial charge in [0.2, 0.25) is 0 Å². The Bertz CT molecular complexity index is 325. The number of aryl methyl sites for hydroxylation is 1. The molecule has 0 amide bonds. The normalized spacial score (nSPS) is 21.6. The van der Waals surface area contributed by atoms with Crippen LogP contribution in [0.5, 0.6) is 0 Å². The van der Waals surface area contributed by atoms with Gasteiger partial charge in [-0.2, -0.15) is 0 Å². The molecule has 1 N–H and O–H groups in total. The Balaban J connectivity index is 1.83. The molecule has 17 heavy (non-hydrogen) atoms. The summed E-state index contributed by atoms with van der Waals surface area (Å²) in [5, 5.41) is 10.1. The number of aliphatic hydroxyl groups is 1. The van der Waals surface area contributed by atoms with Gasteiger partial charge in [0.1, 0.15) is 0 Å². The van der Waals surface area contributed by atoms with E-state index in [2.05, 4.69) is 19.1 Å². The number of hydrogen-bond acceptors (Lipinski definition) is 2. The van der Waals surface area contributed by atoms with Gasteiger partial charge in [0, 0.05) is 6.61 Å². The zero-order valence-electron chi connectivity index (χ0n) is 10.6. The lowest BCUT2D eigenvalue weighted by molar-refractivity contribution is 0.0812. The summed E-state index contributed by atoms with van der Waals surface area (Å²) < 4.78 is 5.56. The molecule has 1 aliphatic heterocycles. The van der Waals surface area contributed by atoms with Crippen LogP contribution in [0.3, 0.4) is 0 Å². The summed E-state index contributed by atoms with van der Waals surface area (Å²) in [5.74, 6) is 0. The Morgan fingerprint density at radius 2 is 2.12 bits per heavy atom. The highest BCUT2D eigenvalue weighted by Crippen LogP contribution is 2.24. The molecule has 1 aromatic carbocycles. The monoisotopic (exact) mass is 234 g/mol. The molecule has 1 aliphatic rings. The Hall–Kier alpha value is -0.860. The first kappa shape index (κ1) is 12.6. The van der Waals surface area contributed by atoms with Gasteiger partial charge in [-0.15, -0.1) is 0 Å². The van der Waals surface area contributed by atoms with E-state index in [0.717, 1.165) is 37.9 Å². The van der Waals surface area contributed by atoms with E-state index in [0.29, 0.717) is 6.10 Å². The van der Waals surface area contributed by atoms with Crippen molar-refractivity contribution in [1.82, 2.24) is 0 Å². The van der Waals surface area contributed by atoms with Gasteiger partial charge in [-0.3, -0.25) is 0 Å². The van der Waals surface area contributed by atoms with Gasteiger partial charge < -0.3 is 9.84 Å². The van der Waals surface area contributed by atoms with Crippen LogP contribution in [-0.2, 0) is 11.2 Å². The molecule has 0 spiro atoms. The van der Waals surface area contributed by atoms with E-state index in [4.69, 9.17) is 4.74 Å². The summed E-state index contributed by atoms with van der Waals surface area (Å²) in [7, 11) is 0. The number of hydrogen-bond donors (Lipinski definition) is 1. The summed E-state index contributed by atoms with van der Waals surface area (Å²) in [6.07, 6.45) is 5.18. The van der Waals surface area contributed by atoms with Crippen molar-refractivity contribution in [2.75, 3.05) is 6.61 Å². The maximum atomic E-state index is 10.1. The van der Waals surface area contributed by atoms with Crippen LogP contribution in [0.1, 0.15) is 49.8 Å². The fraction of sp³-hybridized carbons (Fsp3) is 0.600. The highest BCUT2D eigenvalue weighted by Gasteiger charge is 2.17. The summed E-state index contributed by atoms with van der Waals surface area (Å²) in [5.41, 5.74) is 2.35. The average Bonchev–Trinajstić information content (AvgIpc) is 2.89. The summed E-state index contributed by atoms with van der Waals surface area (Å²) in [6, 6.07) is 8.28. The molecule has 0 aliphatic carbocycles. The third-order valence-corrected chi connectivity index (χ3v) is 3.56. The molecule has 2 rings (SSSR count). The second-order valence-electron chi connectivity index (χ2n) is 4.82. The predicted octanol–water partition coefficient (Wildman–Crippen LogP) is 3.24. The van der Waals surface area contributed by atoms with Crippen LogP contribution in [0.2, 0.25) is 0 Å². The summed E-state index contributed by atoms with van der Waals surface area (Å²) >= 11 is 0. The number of aliphatic hydroxyl groups excluding tert-OH is 1. The van der Waals surface area contributed by atoms with Crippen LogP contribution in [0.15, 0.2) is 24.3 Å². The van der Waals surface area contributed by atoms with Crippen LogP contribution in [0, 0.1) is 0 Å². The fourth-order valence-corrected chi connectivity index (χ4v) is 2.36. The van der Waals surface area contributed by atoms with Gasteiger partial charge >= 0.3 is 0 Å². The van der Waals surface area contributed by atoms with Crippen molar-refractivity contribution in [1.29, 1.82) is 0 Å². The number of rotatable bonds is 5. The van der Waals surface area contributed by atoms with Crippen molar-refractivity contribution >= 4 is 0 Å². The van der Waals surface area contributed by atoms with Crippen LogP contribution >= 0.6 is 0 Å². The molecule has 1 fully saturated rings. The van der Waals surface area contributed by atoms with Crippen molar-refractivity contribution in [2.24, 2.45) is 0 Å². The topological polar surface area (TPSA) is 29.5 Å². The molecule has 0 radical (unpaired) electrons. The van der Waals surface area contributed by atoms with Crippen LogP contribution in [0.25, 0.3) is 0 Å². The van der Waals surface area contributed by atoms with Gasteiger partial charge in [-0.25, -0.2) is 0 Å². The molecule has 0 bridgehead atoms. The van der Waals surface area contributed by atoms with E-state index >= 15 is 0 Å². The van der Waals surface area contributed by atoms with Crippen molar-refractivity contribution in [3.63, 3.8) is 0 Å². The largest absolute Gasteiger partial charge is 0.388 e. The van der Waals surface area contributed by atoms with Crippen LogP contribution in [0.4, 0.5) is 0 Å². The quantitative estimate of drug-likeness (QED) is 0.847. The molecular weight excluding hydrogens is 212 g/mol. The molecular formula is C15H22O2. The van der Waals surface area contributed by atoms with Gasteiger partial charge in [-0.05, 0) is 43.2 Å². The smallest absolute Gasteiger partial charge is 0.0791 e. The number of benzene rings is 1. The molecule has 2 heteroatoms. The van der Waals surface area contributed by atoms with E-state index in [9.17, 15) is 5.11 Å². The third-order valence-electron chi connectivity index (χ3n) is 3.56. The first-order valence-electron chi connectivity index (χ1n) is 6.68. The Morgan fingerprint density at radius 1 is 1.35 bits per heavy atom. The molecule has 1 aromatic rings. The van der Waals surface area contributed by atoms with Gasteiger partial charge in [0.25, 0.3) is 0 Å². The van der Waals surface area contributed by atoms with Crippen molar-refractivity contribution in [2.45, 2.75) is 51.2 Å². The molecule has 2 unspecified atom stereocenters. The highest BCUT2D eigenvalue weighted by atomic mass is 16.5. The lowest BCUT2D eigenvalue weighted by Crippen LogP contribution is -2.08. The minimum Gasteiger partial charge on any atom is -0.388 e. The van der Waals surface area contributed by atoms with Crippen molar-refractivity contribution in [3.8, 4) is 0 Å². The van der Waals surface area contributed by atoms with Crippen LogP contribution < -0.4 is 0 Å². The molecule has 0 saturated carbocycles. The second kappa shape index (κ2) is 6.18. The first-order valence-corrected chi connectivity index (χ1v) is 6.68. The average molecular weight is 234 g/mol. The maximum Gasteiger partial charge on any atom is 0.0791 e. The van der Waals surface area contributed by atoms with E-state index in [1.807, 2.05) is 12.1 Å². The van der Waals surface area contributed by atoms with E-state index in [-0.39, 0.29) is 6.10 Å². The molecule has 1 heterocycles. The minimum atomic E-state index is -0.342. The lowest BCUT2D eigenvalue weighted by Gasteiger charge is -2.14.